The van der Waals surface area contributed by atoms with Crippen LogP contribution in [0.4, 0.5) is 0 Å². The Labute approximate surface area is 287 Å². The largest absolute Gasteiger partial charge is 0.456 e. The topological polar surface area (TPSA) is 13.1 Å². The van der Waals surface area contributed by atoms with Gasteiger partial charge in [-0.05, 0) is 107 Å². The van der Waals surface area contributed by atoms with Crippen LogP contribution >= 0.6 is 0 Å². The Morgan fingerprint density at radius 2 is 0.816 bits per heavy atom. The van der Waals surface area contributed by atoms with E-state index in [1.807, 2.05) is 6.07 Å². The Balaban J connectivity index is 1.48. The molecule has 0 saturated heterocycles. The summed E-state index contributed by atoms with van der Waals surface area (Å²) in [4.78, 5) is 0. The van der Waals surface area contributed by atoms with Gasteiger partial charge in [0.15, 0.2) is 0 Å². The molecule has 0 spiro atoms. The maximum Gasteiger partial charge on any atom is 0.135 e. The molecule has 0 aliphatic heterocycles. The van der Waals surface area contributed by atoms with E-state index in [0.29, 0.717) is 0 Å². The third-order valence-electron chi connectivity index (χ3n) is 10.0. The number of para-hydroxylation sites is 1. The first kappa shape index (κ1) is 29.2. The van der Waals surface area contributed by atoms with E-state index < -0.39 is 0 Å². The molecular weight excluding hydrogens is 593 g/mol. The molecule has 1 heteroatoms. The number of rotatable bonds is 4. The van der Waals surface area contributed by atoms with E-state index in [1.165, 1.54) is 71.6 Å². The second-order valence-corrected chi connectivity index (χ2v) is 14.1. The zero-order chi connectivity index (χ0) is 33.1. The van der Waals surface area contributed by atoms with Crippen molar-refractivity contribution in [3.63, 3.8) is 0 Å². The summed E-state index contributed by atoms with van der Waals surface area (Å²) in [7, 11) is 0. The van der Waals surface area contributed by atoms with Gasteiger partial charge in [-0.2, -0.15) is 0 Å². The SMILES string of the molecule is CC(C)(C)c1cc(-c2ccccc2)c(-c2c3ccccc3c(-c3ccccc3)c3ccccc23)c(-c2ccc3oc4ccccc4c3c2)c1. The third kappa shape index (κ3) is 4.85. The minimum atomic E-state index is -0.0649. The van der Waals surface area contributed by atoms with E-state index in [9.17, 15) is 0 Å². The highest BCUT2D eigenvalue weighted by molar-refractivity contribution is 6.24. The Morgan fingerprint density at radius 1 is 0.347 bits per heavy atom. The molecule has 0 aliphatic carbocycles. The highest BCUT2D eigenvalue weighted by Crippen LogP contribution is 2.50. The van der Waals surface area contributed by atoms with Gasteiger partial charge in [-0.1, -0.05) is 154 Å². The van der Waals surface area contributed by atoms with Crippen LogP contribution in [0.2, 0.25) is 0 Å². The molecule has 0 fully saturated rings. The summed E-state index contributed by atoms with van der Waals surface area (Å²) in [5, 5.41) is 7.27. The molecule has 0 amide bonds. The smallest absolute Gasteiger partial charge is 0.135 e. The van der Waals surface area contributed by atoms with Crippen LogP contribution in [0.5, 0.6) is 0 Å². The fraction of sp³-hybridized carbons (Fsp3) is 0.0833. The van der Waals surface area contributed by atoms with Crippen molar-refractivity contribution in [2.24, 2.45) is 0 Å². The number of furan rings is 1. The molecule has 0 saturated carbocycles. The fourth-order valence-corrected chi connectivity index (χ4v) is 7.62. The van der Waals surface area contributed by atoms with Crippen molar-refractivity contribution in [1.29, 1.82) is 0 Å². The number of benzene rings is 8. The van der Waals surface area contributed by atoms with Crippen LogP contribution in [-0.4, -0.2) is 0 Å². The summed E-state index contributed by atoms with van der Waals surface area (Å²) in [5.41, 5.74) is 12.9. The molecule has 1 aromatic heterocycles. The Morgan fingerprint density at radius 3 is 1.41 bits per heavy atom. The van der Waals surface area contributed by atoms with E-state index in [0.717, 1.165) is 21.9 Å². The number of fused-ring (bicyclic) bond motifs is 5. The molecular formula is C48H36O. The van der Waals surface area contributed by atoms with Crippen LogP contribution in [0.15, 0.2) is 168 Å². The third-order valence-corrected chi connectivity index (χ3v) is 10.0. The van der Waals surface area contributed by atoms with Gasteiger partial charge in [0.1, 0.15) is 11.2 Å². The van der Waals surface area contributed by atoms with Gasteiger partial charge in [0.05, 0.1) is 0 Å². The zero-order valence-corrected chi connectivity index (χ0v) is 28.0. The van der Waals surface area contributed by atoms with Crippen LogP contribution in [0, 0.1) is 0 Å². The van der Waals surface area contributed by atoms with Gasteiger partial charge in [-0.25, -0.2) is 0 Å². The molecule has 0 radical (unpaired) electrons. The van der Waals surface area contributed by atoms with Crippen LogP contribution in [0.25, 0.3) is 88.0 Å². The standard InChI is InChI=1S/C48H36O/c1-48(2,3)34-29-40(31-16-6-4-7-17-31)47(41(30-34)33-26-27-44-42(28-33)35-20-14-15-25-43(35)49-44)46-38-23-12-10-21-36(38)45(32-18-8-5-9-19-32)37-22-11-13-24-39(37)46/h4-30H,1-3H3. The summed E-state index contributed by atoms with van der Waals surface area (Å²) in [6.07, 6.45) is 0. The minimum absolute atomic E-state index is 0.0649. The molecule has 9 rings (SSSR count). The predicted molar refractivity (Wildman–Crippen MR) is 209 cm³/mol. The van der Waals surface area contributed by atoms with Gasteiger partial charge < -0.3 is 4.42 Å². The normalized spacial score (nSPS) is 12.0. The maximum absolute atomic E-state index is 6.30. The van der Waals surface area contributed by atoms with E-state index in [-0.39, 0.29) is 5.41 Å². The molecule has 234 valence electrons. The fourth-order valence-electron chi connectivity index (χ4n) is 7.62. The summed E-state index contributed by atoms with van der Waals surface area (Å²) in [6.45, 7) is 6.94. The summed E-state index contributed by atoms with van der Waals surface area (Å²) in [5.74, 6) is 0. The predicted octanol–water partition coefficient (Wildman–Crippen LogP) is 13.9. The number of hydrogen-bond donors (Lipinski definition) is 0. The molecule has 0 atom stereocenters. The lowest BCUT2D eigenvalue weighted by Gasteiger charge is -2.27. The van der Waals surface area contributed by atoms with Crippen LogP contribution < -0.4 is 0 Å². The minimum Gasteiger partial charge on any atom is -0.456 e. The van der Waals surface area contributed by atoms with Crippen LogP contribution in [0.3, 0.4) is 0 Å². The average Bonchev–Trinajstić information content (AvgIpc) is 3.52. The molecule has 0 bridgehead atoms. The summed E-state index contributed by atoms with van der Waals surface area (Å²) in [6, 6.07) is 59.7. The average molecular weight is 629 g/mol. The van der Waals surface area contributed by atoms with Crippen molar-refractivity contribution in [2.75, 3.05) is 0 Å². The molecule has 1 heterocycles. The van der Waals surface area contributed by atoms with Crippen LogP contribution in [-0.2, 0) is 5.41 Å². The summed E-state index contributed by atoms with van der Waals surface area (Å²) < 4.78 is 6.30. The molecule has 9 aromatic rings. The van der Waals surface area contributed by atoms with Crippen molar-refractivity contribution in [3.8, 4) is 44.5 Å². The Bertz CT molecular complexity index is 2610. The van der Waals surface area contributed by atoms with Crippen molar-refractivity contribution in [3.05, 3.63) is 169 Å². The van der Waals surface area contributed by atoms with E-state index in [2.05, 4.69) is 178 Å². The van der Waals surface area contributed by atoms with Crippen molar-refractivity contribution >= 4 is 43.5 Å². The quantitative estimate of drug-likeness (QED) is 0.177. The van der Waals surface area contributed by atoms with E-state index in [1.54, 1.807) is 0 Å². The molecule has 8 aromatic carbocycles. The lowest BCUT2D eigenvalue weighted by atomic mass is 9.77. The van der Waals surface area contributed by atoms with E-state index >= 15 is 0 Å². The first-order valence-electron chi connectivity index (χ1n) is 17.1. The van der Waals surface area contributed by atoms with Gasteiger partial charge in [0, 0.05) is 10.8 Å². The second-order valence-electron chi connectivity index (χ2n) is 14.1. The zero-order valence-electron chi connectivity index (χ0n) is 28.0. The van der Waals surface area contributed by atoms with Crippen molar-refractivity contribution in [2.45, 2.75) is 26.2 Å². The van der Waals surface area contributed by atoms with Crippen molar-refractivity contribution in [1.82, 2.24) is 0 Å². The Hall–Kier alpha value is -5.92. The lowest BCUT2D eigenvalue weighted by Crippen LogP contribution is -2.12. The molecule has 49 heavy (non-hydrogen) atoms. The van der Waals surface area contributed by atoms with Gasteiger partial charge in [0.2, 0.25) is 0 Å². The van der Waals surface area contributed by atoms with Crippen molar-refractivity contribution < 1.29 is 4.42 Å². The van der Waals surface area contributed by atoms with Gasteiger partial charge in [0.25, 0.3) is 0 Å². The first-order valence-corrected chi connectivity index (χ1v) is 17.1. The van der Waals surface area contributed by atoms with Gasteiger partial charge in [-0.3, -0.25) is 0 Å². The molecule has 1 nitrogen and oxygen atoms in total. The highest BCUT2D eigenvalue weighted by atomic mass is 16.3. The summed E-state index contributed by atoms with van der Waals surface area (Å²) >= 11 is 0. The molecule has 0 N–H and O–H groups in total. The maximum atomic E-state index is 6.30. The molecule has 0 aliphatic rings. The van der Waals surface area contributed by atoms with Crippen LogP contribution in [0.1, 0.15) is 26.3 Å². The second kappa shape index (κ2) is 11.4. The first-order chi connectivity index (χ1) is 24.0. The lowest BCUT2D eigenvalue weighted by molar-refractivity contribution is 0.591. The van der Waals surface area contributed by atoms with E-state index in [4.69, 9.17) is 4.42 Å². The Kier molecular flexibility index (Phi) is 6.78. The number of hydrogen-bond acceptors (Lipinski definition) is 1. The van der Waals surface area contributed by atoms with Gasteiger partial charge >= 0.3 is 0 Å². The molecule has 0 unspecified atom stereocenters. The monoisotopic (exact) mass is 628 g/mol. The van der Waals surface area contributed by atoms with Gasteiger partial charge in [-0.15, -0.1) is 0 Å². The highest BCUT2D eigenvalue weighted by Gasteiger charge is 2.25.